The maximum atomic E-state index is 13.7. The van der Waals surface area contributed by atoms with Gasteiger partial charge in [-0.2, -0.15) is 0 Å². The third-order valence-electron chi connectivity index (χ3n) is 3.86. The van der Waals surface area contributed by atoms with Gasteiger partial charge in [-0.15, -0.1) is 0 Å². The van der Waals surface area contributed by atoms with Crippen LogP contribution >= 0.6 is 0 Å². The van der Waals surface area contributed by atoms with Gasteiger partial charge in [0.25, 0.3) is 0 Å². The number of nitrogens with two attached hydrogens (primary N) is 1. The molecule has 2 aromatic rings. The molecule has 1 aliphatic rings. The van der Waals surface area contributed by atoms with E-state index < -0.39 is 0 Å². The smallest absolute Gasteiger partial charge is 0.131 e. The Morgan fingerprint density at radius 2 is 1.85 bits per heavy atom. The SMILES string of the molecule is Nc1cccc(F)c1COc1ccc2c(c1)CCCC2. The highest BCUT2D eigenvalue weighted by Crippen LogP contribution is 2.26. The van der Waals surface area contributed by atoms with E-state index in [0.717, 1.165) is 18.6 Å². The fourth-order valence-electron chi connectivity index (χ4n) is 2.68. The number of halogens is 1. The first kappa shape index (κ1) is 13.0. The molecule has 0 bridgehead atoms. The van der Waals surface area contributed by atoms with Crippen LogP contribution in [-0.2, 0) is 19.4 Å². The number of hydrogen-bond donors (Lipinski definition) is 1. The zero-order valence-corrected chi connectivity index (χ0v) is 11.4. The van der Waals surface area contributed by atoms with Crippen molar-refractivity contribution < 1.29 is 9.13 Å². The summed E-state index contributed by atoms with van der Waals surface area (Å²) in [5.74, 6) is 0.469. The van der Waals surface area contributed by atoms with Crippen LogP contribution in [0, 0.1) is 5.82 Å². The summed E-state index contributed by atoms with van der Waals surface area (Å²) in [5.41, 5.74) is 9.40. The van der Waals surface area contributed by atoms with Gasteiger partial charge in [-0.1, -0.05) is 12.1 Å². The fourth-order valence-corrected chi connectivity index (χ4v) is 2.68. The second kappa shape index (κ2) is 5.53. The Balaban J connectivity index is 1.75. The lowest BCUT2D eigenvalue weighted by molar-refractivity contribution is 0.300. The van der Waals surface area contributed by atoms with Crippen LogP contribution in [0.5, 0.6) is 5.75 Å². The van der Waals surface area contributed by atoms with Crippen LogP contribution in [0.2, 0.25) is 0 Å². The Morgan fingerprint density at radius 1 is 1.05 bits per heavy atom. The molecule has 0 radical (unpaired) electrons. The van der Waals surface area contributed by atoms with E-state index in [1.165, 1.54) is 30.0 Å². The van der Waals surface area contributed by atoms with E-state index in [-0.39, 0.29) is 12.4 Å². The molecule has 0 spiro atoms. The number of rotatable bonds is 3. The zero-order chi connectivity index (χ0) is 13.9. The summed E-state index contributed by atoms with van der Waals surface area (Å²) in [5, 5.41) is 0. The van der Waals surface area contributed by atoms with Gasteiger partial charge in [0, 0.05) is 11.3 Å². The van der Waals surface area contributed by atoms with Gasteiger partial charge in [0.15, 0.2) is 0 Å². The molecule has 0 amide bonds. The molecule has 104 valence electrons. The standard InChI is InChI=1S/C17H18FNO/c18-16-6-3-7-17(19)15(16)11-20-14-9-8-12-4-1-2-5-13(12)10-14/h3,6-10H,1-2,4-5,11,19H2. The highest BCUT2D eigenvalue weighted by atomic mass is 19.1. The number of fused-ring (bicyclic) bond motifs is 1. The van der Waals surface area contributed by atoms with Crippen molar-refractivity contribution in [3.8, 4) is 5.75 Å². The highest BCUT2D eigenvalue weighted by molar-refractivity contribution is 5.47. The Hall–Kier alpha value is -2.03. The second-order valence-corrected chi connectivity index (χ2v) is 5.23. The molecular weight excluding hydrogens is 253 g/mol. The van der Waals surface area contributed by atoms with Crippen molar-refractivity contribution in [2.45, 2.75) is 32.3 Å². The molecule has 3 rings (SSSR count). The lowest BCUT2D eigenvalue weighted by Crippen LogP contribution is -2.05. The molecule has 0 aromatic heterocycles. The van der Waals surface area contributed by atoms with Gasteiger partial charge >= 0.3 is 0 Å². The first-order valence-electron chi connectivity index (χ1n) is 7.01. The normalized spacial score (nSPS) is 13.8. The van der Waals surface area contributed by atoms with Crippen LogP contribution in [0.15, 0.2) is 36.4 Å². The molecule has 0 atom stereocenters. The maximum absolute atomic E-state index is 13.7. The maximum Gasteiger partial charge on any atom is 0.131 e. The van der Waals surface area contributed by atoms with Crippen LogP contribution in [0.4, 0.5) is 10.1 Å². The fraction of sp³-hybridized carbons (Fsp3) is 0.294. The largest absolute Gasteiger partial charge is 0.489 e. The summed E-state index contributed by atoms with van der Waals surface area (Å²) < 4.78 is 19.4. The average molecular weight is 271 g/mol. The van der Waals surface area contributed by atoms with Crippen LogP contribution < -0.4 is 10.5 Å². The number of anilines is 1. The Labute approximate surface area is 118 Å². The van der Waals surface area contributed by atoms with Gasteiger partial charge in [-0.3, -0.25) is 0 Å². The summed E-state index contributed by atoms with van der Waals surface area (Å²) in [6.07, 6.45) is 4.75. The third kappa shape index (κ3) is 2.62. The molecule has 1 aliphatic carbocycles. The molecular formula is C17H18FNO. The van der Waals surface area contributed by atoms with E-state index >= 15 is 0 Å². The van der Waals surface area contributed by atoms with Crippen LogP contribution in [-0.4, -0.2) is 0 Å². The van der Waals surface area contributed by atoms with Gasteiger partial charge in [0.05, 0.1) is 0 Å². The van der Waals surface area contributed by atoms with Crippen molar-refractivity contribution in [1.29, 1.82) is 0 Å². The van der Waals surface area contributed by atoms with Crippen molar-refractivity contribution in [2.75, 3.05) is 5.73 Å². The van der Waals surface area contributed by atoms with E-state index in [9.17, 15) is 4.39 Å². The van der Waals surface area contributed by atoms with E-state index in [4.69, 9.17) is 10.5 Å². The van der Waals surface area contributed by atoms with E-state index in [1.807, 2.05) is 6.07 Å². The van der Waals surface area contributed by atoms with Gasteiger partial charge in [0.2, 0.25) is 0 Å². The van der Waals surface area contributed by atoms with Gasteiger partial charge in [0.1, 0.15) is 18.2 Å². The highest BCUT2D eigenvalue weighted by Gasteiger charge is 2.11. The molecule has 3 heteroatoms. The molecule has 0 heterocycles. The number of ether oxygens (including phenoxy) is 1. The summed E-state index contributed by atoms with van der Waals surface area (Å²) >= 11 is 0. The second-order valence-electron chi connectivity index (χ2n) is 5.23. The Bertz CT molecular complexity index is 604. The lowest BCUT2D eigenvalue weighted by atomic mass is 9.92. The van der Waals surface area contributed by atoms with Crippen molar-refractivity contribution >= 4 is 5.69 Å². The minimum atomic E-state index is -0.317. The molecule has 0 aliphatic heterocycles. The van der Waals surface area contributed by atoms with E-state index in [2.05, 4.69) is 12.1 Å². The summed E-state index contributed by atoms with van der Waals surface area (Å²) in [7, 11) is 0. The van der Waals surface area contributed by atoms with Crippen molar-refractivity contribution in [3.05, 3.63) is 58.9 Å². The first-order chi connectivity index (χ1) is 9.74. The zero-order valence-electron chi connectivity index (χ0n) is 11.4. The molecule has 2 N–H and O–H groups in total. The third-order valence-corrected chi connectivity index (χ3v) is 3.86. The summed E-state index contributed by atoms with van der Waals surface area (Å²) in [6, 6.07) is 10.9. The Kier molecular flexibility index (Phi) is 3.59. The first-order valence-corrected chi connectivity index (χ1v) is 7.01. The number of benzene rings is 2. The molecule has 0 unspecified atom stereocenters. The van der Waals surface area contributed by atoms with Crippen molar-refractivity contribution in [1.82, 2.24) is 0 Å². The topological polar surface area (TPSA) is 35.2 Å². The monoisotopic (exact) mass is 271 g/mol. The Morgan fingerprint density at radius 3 is 2.65 bits per heavy atom. The van der Waals surface area contributed by atoms with Gasteiger partial charge in [-0.05, 0) is 61.1 Å². The number of nitrogen functional groups attached to an aromatic ring is 1. The summed E-state index contributed by atoms with van der Waals surface area (Å²) in [6.45, 7) is 0.164. The van der Waals surface area contributed by atoms with Crippen LogP contribution in [0.3, 0.4) is 0 Å². The van der Waals surface area contributed by atoms with Crippen molar-refractivity contribution in [3.63, 3.8) is 0 Å². The van der Waals surface area contributed by atoms with E-state index in [1.54, 1.807) is 12.1 Å². The molecule has 0 saturated carbocycles. The number of hydrogen-bond acceptors (Lipinski definition) is 2. The van der Waals surface area contributed by atoms with Gasteiger partial charge in [-0.25, -0.2) is 4.39 Å². The van der Waals surface area contributed by atoms with Crippen LogP contribution in [0.1, 0.15) is 29.5 Å². The molecule has 0 fully saturated rings. The van der Waals surface area contributed by atoms with E-state index in [0.29, 0.717) is 11.3 Å². The van der Waals surface area contributed by atoms with Crippen LogP contribution in [0.25, 0.3) is 0 Å². The predicted octanol–water partition coefficient (Wildman–Crippen LogP) is 3.87. The number of aryl methyl sites for hydroxylation is 2. The predicted molar refractivity (Wildman–Crippen MR) is 78.2 cm³/mol. The minimum Gasteiger partial charge on any atom is -0.489 e. The molecule has 0 saturated heterocycles. The van der Waals surface area contributed by atoms with Crippen molar-refractivity contribution in [2.24, 2.45) is 0 Å². The average Bonchev–Trinajstić information content (AvgIpc) is 2.46. The molecule has 20 heavy (non-hydrogen) atoms. The summed E-state index contributed by atoms with van der Waals surface area (Å²) in [4.78, 5) is 0. The molecule has 2 aromatic carbocycles. The van der Waals surface area contributed by atoms with Gasteiger partial charge < -0.3 is 10.5 Å². The molecule has 2 nitrogen and oxygen atoms in total. The lowest BCUT2D eigenvalue weighted by Gasteiger charge is -2.17. The quantitative estimate of drug-likeness (QED) is 0.860. The minimum absolute atomic E-state index is 0.164.